The molecule has 0 aliphatic carbocycles. The van der Waals surface area contributed by atoms with Crippen LogP contribution < -0.4 is 9.80 Å². The van der Waals surface area contributed by atoms with Crippen LogP contribution in [0.25, 0.3) is 55.0 Å². The van der Waals surface area contributed by atoms with Crippen LogP contribution in [0.3, 0.4) is 0 Å². The molecule has 0 aliphatic rings. The van der Waals surface area contributed by atoms with E-state index in [1.807, 2.05) is 12.1 Å². The van der Waals surface area contributed by atoms with Gasteiger partial charge >= 0.3 is 0 Å². The zero-order chi connectivity index (χ0) is 34.4. The van der Waals surface area contributed by atoms with E-state index in [1.54, 1.807) is 0 Å². The van der Waals surface area contributed by atoms with Gasteiger partial charge in [-0.05, 0) is 90.0 Å². The number of fused-ring (bicyclic) bond motifs is 6. The Kier molecular flexibility index (Phi) is 7.10. The van der Waals surface area contributed by atoms with Crippen molar-refractivity contribution in [2.45, 2.75) is 0 Å². The van der Waals surface area contributed by atoms with Crippen LogP contribution in [0.5, 0.6) is 0 Å². The number of hydrogen-bond donors (Lipinski definition) is 0. The Morgan fingerprint density at radius 3 is 1.37 bits per heavy atom. The molecule has 4 heteroatoms. The van der Waals surface area contributed by atoms with E-state index in [-0.39, 0.29) is 0 Å². The SMILES string of the molecule is c1ccc(-c2ccc(N(c3ccc4c(c3)oc3ccccc34)c3cccc4oc5cccc(N(c6ccccc6)c6ccccc6)c5c34)cc2)cc1. The molecule has 0 amide bonds. The molecule has 0 spiro atoms. The maximum absolute atomic E-state index is 6.69. The quantitative estimate of drug-likeness (QED) is 0.169. The van der Waals surface area contributed by atoms with Crippen LogP contribution >= 0.6 is 0 Å². The maximum atomic E-state index is 6.69. The van der Waals surface area contributed by atoms with Crippen LogP contribution in [-0.2, 0) is 0 Å². The largest absolute Gasteiger partial charge is 0.456 e. The Balaban J connectivity index is 1.24. The molecule has 10 rings (SSSR count). The van der Waals surface area contributed by atoms with Gasteiger partial charge < -0.3 is 18.6 Å². The van der Waals surface area contributed by atoms with Crippen molar-refractivity contribution in [3.8, 4) is 11.1 Å². The maximum Gasteiger partial charge on any atom is 0.137 e. The minimum atomic E-state index is 0.816. The summed E-state index contributed by atoms with van der Waals surface area (Å²) >= 11 is 0. The first kappa shape index (κ1) is 29.8. The minimum Gasteiger partial charge on any atom is -0.456 e. The summed E-state index contributed by atoms with van der Waals surface area (Å²) in [5.41, 5.74) is 11.9. The van der Waals surface area contributed by atoms with Gasteiger partial charge in [0.25, 0.3) is 0 Å². The van der Waals surface area contributed by atoms with Gasteiger partial charge in [0.05, 0.1) is 22.1 Å². The Bertz CT molecular complexity index is 2800. The molecule has 52 heavy (non-hydrogen) atoms. The molecule has 0 N–H and O–H groups in total. The lowest BCUT2D eigenvalue weighted by atomic mass is 10.0. The second kappa shape index (κ2) is 12.4. The van der Waals surface area contributed by atoms with Crippen LogP contribution in [-0.4, -0.2) is 0 Å². The van der Waals surface area contributed by atoms with E-state index in [4.69, 9.17) is 8.83 Å². The van der Waals surface area contributed by atoms with E-state index >= 15 is 0 Å². The van der Waals surface area contributed by atoms with Gasteiger partial charge in [-0.15, -0.1) is 0 Å². The Morgan fingerprint density at radius 2 is 0.731 bits per heavy atom. The highest BCUT2D eigenvalue weighted by Gasteiger charge is 2.24. The third-order valence-electron chi connectivity index (χ3n) is 9.84. The highest BCUT2D eigenvalue weighted by molar-refractivity contribution is 6.19. The normalized spacial score (nSPS) is 11.5. The summed E-state index contributed by atoms with van der Waals surface area (Å²) in [7, 11) is 0. The van der Waals surface area contributed by atoms with Crippen molar-refractivity contribution in [2.75, 3.05) is 9.80 Å². The van der Waals surface area contributed by atoms with Gasteiger partial charge in [0.15, 0.2) is 0 Å². The Morgan fingerprint density at radius 1 is 0.288 bits per heavy atom. The molecular weight excluding hydrogens is 637 g/mol. The van der Waals surface area contributed by atoms with Gasteiger partial charge in [0.2, 0.25) is 0 Å². The average molecular weight is 669 g/mol. The first-order valence-corrected chi connectivity index (χ1v) is 17.5. The van der Waals surface area contributed by atoms with Gasteiger partial charge in [0.1, 0.15) is 22.3 Å². The summed E-state index contributed by atoms with van der Waals surface area (Å²) in [4.78, 5) is 4.64. The average Bonchev–Trinajstić information content (AvgIpc) is 3.79. The number of benzene rings is 8. The van der Waals surface area contributed by atoms with E-state index in [9.17, 15) is 0 Å². The predicted molar refractivity (Wildman–Crippen MR) is 216 cm³/mol. The smallest absolute Gasteiger partial charge is 0.137 e. The first-order chi connectivity index (χ1) is 25.8. The summed E-state index contributed by atoms with van der Waals surface area (Å²) in [6.45, 7) is 0. The summed E-state index contributed by atoms with van der Waals surface area (Å²) in [6.07, 6.45) is 0. The number of nitrogens with zero attached hydrogens (tertiary/aromatic N) is 2. The molecule has 0 saturated carbocycles. The molecule has 0 unspecified atom stereocenters. The number of para-hydroxylation sites is 3. The lowest BCUT2D eigenvalue weighted by Gasteiger charge is -2.28. The molecule has 0 atom stereocenters. The fourth-order valence-corrected chi connectivity index (χ4v) is 7.50. The molecule has 246 valence electrons. The van der Waals surface area contributed by atoms with Gasteiger partial charge in [-0.1, -0.05) is 109 Å². The van der Waals surface area contributed by atoms with Crippen molar-refractivity contribution in [3.05, 3.63) is 194 Å². The molecule has 0 saturated heterocycles. The molecule has 0 bridgehead atoms. The molecule has 2 aromatic heterocycles. The fraction of sp³-hybridized carbons (Fsp3) is 0. The fourth-order valence-electron chi connectivity index (χ4n) is 7.50. The van der Waals surface area contributed by atoms with E-state index < -0.39 is 0 Å². The van der Waals surface area contributed by atoms with Crippen molar-refractivity contribution >= 4 is 78.0 Å². The van der Waals surface area contributed by atoms with Crippen molar-refractivity contribution in [2.24, 2.45) is 0 Å². The Labute approximate surface area is 301 Å². The van der Waals surface area contributed by atoms with Gasteiger partial charge in [-0.2, -0.15) is 0 Å². The van der Waals surface area contributed by atoms with E-state index in [1.165, 1.54) is 5.56 Å². The molecule has 10 aromatic rings. The molecule has 8 aromatic carbocycles. The summed E-state index contributed by atoms with van der Waals surface area (Å²) in [5, 5.41) is 4.27. The van der Waals surface area contributed by atoms with Crippen LogP contribution in [0.2, 0.25) is 0 Å². The van der Waals surface area contributed by atoms with Crippen LogP contribution in [0.1, 0.15) is 0 Å². The molecule has 0 fully saturated rings. The molecule has 0 aliphatic heterocycles. The van der Waals surface area contributed by atoms with Crippen molar-refractivity contribution in [3.63, 3.8) is 0 Å². The van der Waals surface area contributed by atoms with Crippen molar-refractivity contribution < 1.29 is 8.83 Å². The van der Waals surface area contributed by atoms with Crippen LogP contribution in [0, 0.1) is 0 Å². The topological polar surface area (TPSA) is 32.8 Å². The summed E-state index contributed by atoms with van der Waals surface area (Å²) < 4.78 is 13.1. The lowest BCUT2D eigenvalue weighted by molar-refractivity contribution is 0.669. The number of hydrogen-bond acceptors (Lipinski definition) is 4. The zero-order valence-electron chi connectivity index (χ0n) is 28.2. The zero-order valence-corrected chi connectivity index (χ0v) is 28.2. The second-order valence-electron chi connectivity index (χ2n) is 12.9. The third-order valence-corrected chi connectivity index (χ3v) is 9.84. The Hall–Kier alpha value is -7.04. The van der Waals surface area contributed by atoms with Gasteiger partial charge in [0, 0.05) is 39.6 Å². The van der Waals surface area contributed by atoms with E-state index in [0.717, 1.165) is 83.6 Å². The molecule has 4 nitrogen and oxygen atoms in total. The molecular formula is C48H32N2O2. The monoisotopic (exact) mass is 668 g/mol. The van der Waals surface area contributed by atoms with Gasteiger partial charge in [-0.25, -0.2) is 0 Å². The van der Waals surface area contributed by atoms with E-state index in [0.29, 0.717) is 0 Å². The minimum absolute atomic E-state index is 0.816. The number of rotatable bonds is 7. The highest BCUT2D eigenvalue weighted by atomic mass is 16.3. The summed E-state index contributed by atoms with van der Waals surface area (Å²) in [5.74, 6) is 0. The lowest BCUT2D eigenvalue weighted by Crippen LogP contribution is -2.11. The van der Waals surface area contributed by atoms with Crippen LogP contribution in [0.15, 0.2) is 203 Å². The third kappa shape index (κ3) is 5.00. The van der Waals surface area contributed by atoms with Gasteiger partial charge in [-0.3, -0.25) is 0 Å². The molecule has 2 heterocycles. The van der Waals surface area contributed by atoms with Crippen LogP contribution in [0.4, 0.5) is 34.1 Å². The number of furan rings is 2. The highest BCUT2D eigenvalue weighted by Crippen LogP contribution is 2.48. The van der Waals surface area contributed by atoms with Crippen molar-refractivity contribution in [1.82, 2.24) is 0 Å². The second-order valence-corrected chi connectivity index (χ2v) is 12.9. The standard InChI is InChI=1S/C48H32N2O2/c1-4-14-33(15-5-1)34-26-28-37(29-27-34)50(38-30-31-40-39-20-10-11-23-43(39)51-46(40)32-38)42-22-13-25-45-48(42)47-41(21-12-24-44(47)52-45)49(35-16-6-2-7-17-35)36-18-8-3-9-19-36/h1-32H. The molecule has 0 radical (unpaired) electrons. The predicted octanol–water partition coefficient (Wildman–Crippen LogP) is 14.1. The summed E-state index contributed by atoms with van der Waals surface area (Å²) in [6, 6.07) is 67.8. The number of anilines is 6. The van der Waals surface area contributed by atoms with E-state index in [2.05, 4.69) is 192 Å². The first-order valence-electron chi connectivity index (χ1n) is 17.5. The van der Waals surface area contributed by atoms with Crippen molar-refractivity contribution in [1.29, 1.82) is 0 Å².